The number of nitrogens with one attached hydrogen (secondary N) is 2. The summed E-state index contributed by atoms with van der Waals surface area (Å²) >= 11 is 0. The van der Waals surface area contributed by atoms with Gasteiger partial charge in [-0.1, -0.05) is 13.8 Å². The zero-order chi connectivity index (χ0) is 21.5. The van der Waals surface area contributed by atoms with Crippen molar-refractivity contribution < 1.29 is 0 Å². The van der Waals surface area contributed by atoms with Crippen LogP contribution in [-0.4, -0.2) is 62.7 Å². The molecule has 0 amide bonds. The molecule has 0 atom stereocenters. The minimum absolute atomic E-state index is 0.381. The second-order valence-corrected chi connectivity index (χ2v) is 7.67. The minimum Gasteiger partial charge on any atom is -0.390 e. The Labute approximate surface area is 178 Å². The van der Waals surface area contributed by atoms with Crippen LogP contribution in [-0.2, 0) is 0 Å². The predicted molar refractivity (Wildman–Crippen MR) is 122 cm³/mol. The van der Waals surface area contributed by atoms with Crippen LogP contribution in [0.4, 0.5) is 0 Å². The van der Waals surface area contributed by atoms with Gasteiger partial charge in [0.2, 0.25) is 0 Å². The molecule has 160 valence electrons. The zero-order valence-electron chi connectivity index (χ0n) is 18.3. The van der Waals surface area contributed by atoms with Gasteiger partial charge in [-0.25, -0.2) is 9.50 Å². The van der Waals surface area contributed by atoms with E-state index in [1.807, 2.05) is 33.9 Å². The van der Waals surface area contributed by atoms with Gasteiger partial charge < -0.3 is 15.6 Å². The first-order chi connectivity index (χ1) is 14.6. The van der Waals surface area contributed by atoms with Gasteiger partial charge in [-0.05, 0) is 46.0 Å². The van der Waals surface area contributed by atoms with E-state index in [1.165, 1.54) is 6.21 Å². The molecule has 0 aliphatic carbocycles. The van der Waals surface area contributed by atoms with Gasteiger partial charge in [0.25, 0.3) is 0 Å². The monoisotopic (exact) mass is 408 g/mol. The number of hydrogen-bond acceptors (Lipinski definition) is 6. The fourth-order valence-electron chi connectivity index (χ4n) is 3.47. The summed E-state index contributed by atoms with van der Waals surface area (Å²) in [6.07, 6.45) is 13.8. The molecular formula is C22H32N8. The van der Waals surface area contributed by atoms with Crippen LogP contribution in [0.1, 0.15) is 44.8 Å². The summed E-state index contributed by atoms with van der Waals surface area (Å²) in [6.45, 7) is 6.21. The Bertz CT molecular complexity index is 994. The van der Waals surface area contributed by atoms with Gasteiger partial charge in [0.15, 0.2) is 0 Å². The quantitative estimate of drug-likeness (QED) is 0.375. The van der Waals surface area contributed by atoms with E-state index in [0.717, 1.165) is 49.1 Å². The number of allylic oxidation sites excluding steroid dienone is 1. The lowest BCUT2D eigenvalue weighted by Crippen LogP contribution is -2.18. The topological polar surface area (TPSA) is 87.1 Å². The van der Waals surface area contributed by atoms with E-state index in [-0.39, 0.29) is 0 Å². The standard InChI is InChI=1S/C22H32N8/c1-5-19(6-2)29-15-18(14-26-29)22-21-8-10-25-30(21)16-20(27-22)17(12-23)13-24-9-7-11-28(3)4/h8,10,12-16,19,23-24H,5-7,9,11H2,1-4H3/b17-13+,23-12?. The van der Waals surface area contributed by atoms with Gasteiger partial charge in [0, 0.05) is 36.3 Å². The highest BCUT2D eigenvalue weighted by Crippen LogP contribution is 2.26. The number of fused-ring (bicyclic) bond motifs is 1. The Balaban J connectivity index is 1.91. The van der Waals surface area contributed by atoms with Gasteiger partial charge in [-0.2, -0.15) is 10.2 Å². The maximum absolute atomic E-state index is 7.87. The smallest absolute Gasteiger partial charge is 0.0999 e. The third kappa shape index (κ3) is 4.94. The number of hydrogen-bond donors (Lipinski definition) is 2. The molecule has 0 spiro atoms. The molecule has 0 aromatic carbocycles. The van der Waals surface area contributed by atoms with Crippen LogP contribution in [0.2, 0.25) is 0 Å². The van der Waals surface area contributed by atoms with E-state index in [9.17, 15) is 0 Å². The molecule has 3 aromatic heterocycles. The zero-order valence-corrected chi connectivity index (χ0v) is 18.3. The fraction of sp³-hybridized carbons (Fsp3) is 0.455. The first kappa shape index (κ1) is 21.7. The lowest BCUT2D eigenvalue weighted by atomic mass is 10.1. The Morgan fingerprint density at radius 1 is 1.23 bits per heavy atom. The molecule has 3 heterocycles. The van der Waals surface area contributed by atoms with Gasteiger partial charge in [0.05, 0.1) is 41.5 Å². The van der Waals surface area contributed by atoms with Gasteiger partial charge >= 0.3 is 0 Å². The predicted octanol–water partition coefficient (Wildman–Crippen LogP) is 3.49. The molecule has 3 aromatic rings. The lowest BCUT2D eigenvalue weighted by Gasteiger charge is -2.12. The highest BCUT2D eigenvalue weighted by Gasteiger charge is 2.15. The van der Waals surface area contributed by atoms with Crippen LogP contribution in [0.5, 0.6) is 0 Å². The number of aromatic nitrogens is 5. The summed E-state index contributed by atoms with van der Waals surface area (Å²) in [7, 11) is 4.13. The van der Waals surface area contributed by atoms with Crippen LogP contribution in [0, 0.1) is 5.41 Å². The van der Waals surface area contributed by atoms with E-state index in [0.29, 0.717) is 17.3 Å². The summed E-state index contributed by atoms with van der Waals surface area (Å²) in [5, 5.41) is 20.2. The summed E-state index contributed by atoms with van der Waals surface area (Å²) in [5.41, 5.74) is 4.11. The largest absolute Gasteiger partial charge is 0.390 e. The Morgan fingerprint density at radius 2 is 2.03 bits per heavy atom. The van der Waals surface area contributed by atoms with Crippen molar-refractivity contribution in [2.24, 2.45) is 0 Å². The van der Waals surface area contributed by atoms with Gasteiger partial charge in [-0.15, -0.1) is 0 Å². The number of nitrogens with zero attached hydrogens (tertiary/aromatic N) is 6. The third-order valence-corrected chi connectivity index (χ3v) is 5.22. The van der Waals surface area contributed by atoms with E-state index in [4.69, 9.17) is 10.4 Å². The second kappa shape index (κ2) is 10.2. The first-order valence-electron chi connectivity index (χ1n) is 10.5. The van der Waals surface area contributed by atoms with E-state index in [1.54, 1.807) is 6.20 Å². The Morgan fingerprint density at radius 3 is 2.73 bits per heavy atom. The SMILES string of the molecule is CCC(CC)n1cc(-c2nc(/C(C=N)=C/NCCCN(C)C)cn3nccc23)cn1. The van der Waals surface area contributed by atoms with Crippen molar-refractivity contribution in [1.82, 2.24) is 34.6 Å². The highest BCUT2D eigenvalue weighted by atomic mass is 15.3. The summed E-state index contributed by atoms with van der Waals surface area (Å²) < 4.78 is 3.84. The average Bonchev–Trinajstić information content (AvgIpc) is 3.40. The Kier molecular flexibility index (Phi) is 7.35. The fourth-order valence-corrected chi connectivity index (χ4v) is 3.47. The summed E-state index contributed by atoms with van der Waals surface area (Å²) in [6, 6.07) is 2.33. The number of rotatable bonds is 11. The van der Waals surface area contributed by atoms with E-state index >= 15 is 0 Å². The maximum Gasteiger partial charge on any atom is 0.0999 e. The molecular weight excluding hydrogens is 376 g/mol. The molecule has 0 bridgehead atoms. The maximum atomic E-state index is 7.87. The van der Waals surface area contributed by atoms with Crippen LogP contribution in [0.25, 0.3) is 22.3 Å². The van der Waals surface area contributed by atoms with Crippen LogP contribution in [0.3, 0.4) is 0 Å². The molecule has 0 radical (unpaired) electrons. The Hall–Kier alpha value is -3.00. The van der Waals surface area contributed by atoms with Crippen molar-refractivity contribution in [3.05, 3.63) is 42.7 Å². The van der Waals surface area contributed by atoms with Crippen molar-refractivity contribution in [3.63, 3.8) is 0 Å². The molecule has 0 fully saturated rings. The van der Waals surface area contributed by atoms with E-state index < -0.39 is 0 Å². The minimum atomic E-state index is 0.381. The summed E-state index contributed by atoms with van der Waals surface area (Å²) in [4.78, 5) is 7.04. The van der Waals surface area contributed by atoms with Crippen LogP contribution >= 0.6 is 0 Å². The van der Waals surface area contributed by atoms with Gasteiger partial charge in [0.1, 0.15) is 0 Å². The van der Waals surface area contributed by atoms with Crippen molar-refractivity contribution in [2.45, 2.75) is 39.2 Å². The average molecular weight is 409 g/mol. The highest BCUT2D eigenvalue weighted by molar-refractivity contribution is 6.07. The normalized spacial score (nSPS) is 12.3. The van der Waals surface area contributed by atoms with Gasteiger partial charge in [-0.3, -0.25) is 4.68 Å². The van der Waals surface area contributed by atoms with Crippen molar-refractivity contribution in [1.29, 1.82) is 5.41 Å². The molecule has 0 aliphatic rings. The lowest BCUT2D eigenvalue weighted by molar-refractivity contribution is 0.399. The van der Waals surface area contributed by atoms with Crippen molar-refractivity contribution in [3.8, 4) is 11.3 Å². The van der Waals surface area contributed by atoms with Crippen LogP contribution in [0.15, 0.2) is 37.1 Å². The first-order valence-corrected chi connectivity index (χ1v) is 10.5. The molecule has 0 aliphatic heterocycles. The molecule has 0 saturated carbocycles. The van der Waals surface area contributed by atoms with Crippen LogP contribution < -0.4 is 5.32 Å². The van der Waals surface area contributed by atoms with Crippen molar-refractivity contribution in [2.75, 3.05) is 27.2 Å². The molecule has 0 saturated heterocycles. The molecule has 0 unspecified atom stereocenters. The molecule has 3 rings (SSSR count). The molecule has 30 heavy (non-hydrogen) atoms. The van der Waals surface area contributed by atoms with E-state index in [2.05, 4.69) is 54.6 Å². The third-order valence-electron chi connectivity index (χ3n) is 5.22. The molecule has 8 heteroatoms. The molecule has 8 nitrogen and oxygen atoms in total. The second-order valence-electron chi connectivity index (χ2n) is 7.67. The summed E-state index contributed by atoms with van der Waals surface area (Å²) in [5.74, 6) is 0. The van der Waals surface area contributed by atoms with Crippen molar-refractivity contribution >= 4 is 17.3 Å². The molecule has 2 N–H and O–H groups in total.